The summed E-state index contributed by atoms with van der Waals surface area (Å²) >= 11 is 0. The molecule has 0 radical (unpaired) electrons. The molecule has 0 bridgehead atoms. The molecule has 0 aliphatic rings. The van der Waals surface area contributed by atoms with E-state index >= 15 is 0 Å². The maximum Gasteiger partial charge on any atom is 0.341 e. The van der Waals surface area contributed by atoms with E-state index in [1.54, 1.807) is 25.5 Å². The summed E-state index contributed by atoms with van der Waals surface area (Å²) in [4.78, 5) is 10.7. The van der Waals surface area contributed by atoms with Crippen LogP contribution in [0.3, 0.4) is 0 Å². The smallest absolute Gasteiger partial charge is 0.339 e. The first kappa shape index (κ1) is 5.81. The standard InChI is InChI=1S/C5H7N3O/c1-6-5(9)8-4-2-3-7-8/h2-4H,1H3,(H,6,9). The molecule has 0 unspecified atom stereocenters. The maximum atomic E-state index is 10.7. The molecule has 1 N–H and O–H groups in total. The van der Waals surface area contributed by atoms with Gasteiger partial charge in [-0.25, -0.2) is 4.79 Å². The zero-order valence-corrected chi connectivity index (χ0v) is 5.03. The highest BCUT2D eigenvalue weighted by atomic mass is 16.2. The van der Waals surface area contributed by atoms with E-state index in [9.17, 15) is 4.79 Å². The molecule has 1 amide bonds. The highest BCUT2D eigenvalue weighted by Gasteiger charge is 1.96. The molecular weight excluding hydrogens is 118 g/mol. The van der Waals surface area contributed by atoms with Crippen LogP contribution in [-0.2, 0) is 0 Å². The topological polar surface area (TPSA) is 46.9 Å². The van der Waals surface area contributed by atoms with Crippen LogP contribution < -0.4 is 5.32 Å². The average Bonchev–Trinajstić information content (AvgIpc) is 2.37. The van der Waals surface area contributed by atoms with E-state index in [-0.39, 0.29) is 6.03 Å². The van der Waals surface area contributed by atoms with Gasteiger partial charge in [0, 0.05) is 19.4 Å². The van der Waals surface area contributed by atoms with Crippen molar-refractivity contribution in [3.8, 4) is 0 Å². The van der Waals surface area contributed by atoms with Crippen molar-refractivity contribution in [3.63, 3.8) is 0 Å². The summed E-state index contributed by atoms with van der Waals surface area (Å²) in [7, 11) is 1.56. The minimum Gasteiger partial charge on any atom is -0.339 e. The van der Waals surface area contributed by atoms with Crippen LogP contribution in [0.1, 0.15) is 0 Å². The van der Waals surface area contributed by atoms with Crippen LogP contribution in [0.25, 0.3) is 0 Å². The van der Waals surface area contributed by atoms with E-state index in [0.29, 0.717) is 0 Å². The largest absolute Gasteiger partial charge is 0.341 e. The van der Waals surface area contributed by atoms with Crippen LogP contribution in [0.4, 0.5) is 4.79 Å². The van der Waals surface area contributed by atoms with Gasteiger partial charge in [0.05, 0.1) is 0 Å². The lowest BCUT2D eigenvalue weighted by Crippen LogP contribution is -2.24. The van der Waals surface area contributed by atoms with Crippen molar-refractivity contribution >= 4 is 6.03 Å². The molecule has 0 aromatic carbocycles. The number of nitrogens with zero attached hydrogens (tertiary/aromatic N) is 2. The van der Waals surface area contributed by atoms with Gasteiger partial charge in [0.15, 0.2) is 0 Å². The van der Waals surface area contributed by atoms with Crippen LogP contribution in [0, 0.1) is 0 Å². The van der Waals surface area contributed by atoms with Crippen molar-refractivity contribution < 1.29 is 4.79 Å². The summed E-state index contributed by atoms with van der Waals surface area (Å²) < 4.78 is 1.22. The first-order valence-corrected chi connectivity index (χ1v) is 2.56. The van der Waals surface area contributed by atoms with Crippen LogP contribution in [0.2, 0.25) is 0 Å². The van der Waals surface area contributed by atoms with Crippen molar-refractivity contribution in [2.75, 3.05) is 7.05 Å². The molecule has 1 aromatic rings. The number of carbonyl (C=O) groups is 1. The quantitative estimate of drug-likeness (QED) is 0.533. The highest BCUT2D eigenvalue weighted by molar-refractivity contribution is 5.75. The monoisotopic (exact) mass is 125 g/mol. The zero-order chi connectivity index (χ0) is 6.69. The molecule has 1 heterocycles. The molecule has 0 fully saturated rings. The number of amides is 1. The molecule has 4 nitrogen and oxygen atoms in total. The fourth-order valence-electron chi connectivity index (χ4n) is 0.504. The second-order valence-electron chi connectivity index (χ2n) is 1.51. The molecule has 48 valence electrons. The van der Waals surface area contributed by atoms with Crippen LogP contribution in [-0.4, -0.2) is 22.9 Å². The number of aromatic nitrogens is 2. The molecule has 1 rings (SSSR count). The average molecular weight is 125 g/mol. The van der Waals surface area contributed by atoms with Crippen molar-refractivity contribution in [2.24, 2.45) is 0 Å². The molecule has 1 aromatic heterocycles. The Morgan fingerprint density at radius 3 is 3.00 bits per heavy atom. The second-order valence-corrected chi connectivity index (χ2v) is 1.51. The molecule has 4 heteroatoms. The summed E-state index contributed by atoms with van der Waals surface area (Å²) in [5.41, 5.74) is 0. The highest BCUT2D eigenvalue weighted by Crippen LogP contribution is 1.80. The van der Waals surface area contributed by atoms with Gasteiger partial charge in [-0.05, 0) is 6.07 Å². The lowest BCUT2D eigenvalue weighted by molar-refractivity contribution is 0.241. The van der Waals surface area contributed by atoms with Crippen LogP contribution in [0.5, 0.6) is 0 Å². The van der Waals surface area contributed by atoms with Crippen molar-refractivity contribution in [1.82, 2.24) is 15.1 Å². The second kappa shape index (κ2) is 2.30. The number of carbonyl (C=O) groups excluding carboxylic acids is 1. The summed E-state index contributed by atoms with van der Waals surface area (Å²) in [6.45, 7) is 0. The van der Waals surface area contributed by atoms with Gasteiger partial charge in [-0.2, -0.15) is 9.78 Å². The van der Waals surface area contributed by atoms with Crippen molar-refractivity contribution in [3.05, 3.63) is 18.5 Å². The van der Waals surface area contributed by atoms with Gasteiger partial charge in [0.25, 0.3) is 0 Å². The third-order valence-electron chi connectivity index (χ3n) is 0.926. The summed E-state index contributed by atoms with van der Waals surface area (Å²) in [6, 6.07) is 1.47. The lowest BCUT2D eigenvalue weighted by atomic mass is 10.7. The SMILES string of the molecule is CNC(=O)n1cccn1. The van der Waals surface area contributed by atoms with E-state index in [2.05, 4.69) is 10.4 Å². The Labute approximate surface area is 52.5 Å². The maximum absolute atomic E-state index is 10.7. The lowest BCUT2D eigenvalue weighted by Gasteiger charge is -1.94. The molecule has 0 saturated heterocycles. The Hall–Kier alpha value is -1.32. The Kier molecular flexibility index (Phi) is 1.48. The van der Waals surface area contributed by atoms with Crippen molar-refractivity contribution in [2.45, 2.75) is 0 Å². The Morgan fingerprint density at radius 2 is 2.56 bits per heavy atom. The van der Waals surface area contributed by atoms with E-state index in [1.807, 2.05) is 0 Å². The van der Waals surface area contributed by atoms with E-state index in [4.69, 9.17) is 0 Å². The molecule has 0 aliphatic carbocycles. The fourth-order valence-corrected chi connectivity index (χ4v) is 0.504. The third-order valence-corrected chi connectivity index (χ3v) is 0.926. The van der Waals surface area contributed by atoms with Crippen LogP contribution >= 0.6 is 0 Å². The number of nitrogens with one attached hydrogen (secondary N) is 1. The van der Waals surface area contributed by atoms with Gasteiger partial charge >= 0.3 is 6.03 Å². The van der Waals surface area contributed by atoms with Crippen molar-refractivity contribution in [1.29, 1.82) is 0 Å². The zero-order valence-electron chi connectivity index (χ0n) is 5.03. The molecule has 0 atom stereocenters. The summed E-state index contributed by atoms with van der Waals surface area (Å²) in [5.74, 6) is 0. The number of hydrogen-bond donors (Lipinski definition) is 1. The van der Waals surface area contributed by atoms with E-state index in [1.165, 1.54) is 4.68 Å². The van der Waals surface area contributed by atoms with E-state index < -0.39 is 0 Å². The predicted octanol–water partition coefficient (Wildman–Crippen LogP) is 0.0706. The predicted molar refractivity (Wildman–Crippen MR) is 32.1 cm³/mol. The minimum atomic E-state index is -0.222. The molecule has 0 aliphatic heterocycles. The molecule has 0 saturated carbocycles. The van der Waals surface area contributed by atoms with Gasteiger partial charge in [-0.15, -0.1) is 0 Å². The van der Waals surface area contributed by atoms with Gasteiger partial charge in [-0.1, -0.05) is 0 Å². The molecular formula is C5H7N3O. The van der Waals surface area contributed by atoms with Gasteiger partial charge in [0.2, 0.25) is 0 Å². The molecule has 9 heavy (non-hydrogen) atoms. The fraction of sp³-hybridized carbons (Fsp3) is 0.200. The minimum absolute atomic E-state index is 0.222. The number of hydrogen-bond acceptors (Lipinski definition) is 2. The first-order valence-electron chi connectivity index (χ1n) is 2.56. The Morgan fingerprint density at radius 1 is 1.78 bits per heavy atom. The Balaban J connectivity index is 2.77. The summed E-state index contributed by atoms with van der Waals surface area (Å²) in [6.07, 6.45) is 3.13. The van der Waals surface area contributed by atoms with Gasteiger partial charge in [-0.3, -0.25) is 0 Å². The summed E-state index contributed by atoms with van der Waals surface area (Å²) in [5, 5.41) is 6.12. The normalized spacial score (nSPS) is 9.00. The van der Waals surface area contributed by atoms with E-state index in [0.717, 1.165) is 0 Å². The third kappa shape index (κ3) is 1.07. The van der Waals surface area contributed by atoms with Gasteiger partial charge in [0.1, 0.15) is 0 Å². The first-order chi connectivity index (χ1) is 4.34. The van der Waals surface area contributed by atoms with Gasteiger partial charge < -0.3 is 5.32 Å². The molecule has 0 spiro atoms. The Bertz CT molecular complexity index is 192. The van der Waals surface area contributed by atoms with Crippen LogP contribution in [0.15, 0.2) is 18.5 Å². The number of rotatable bonds is 0.